The van der Waals surface area contributed by atoms with Gasteiger partial charge < -0.3 is 5.32 Å². The van der Waals surface area contributed by atoms with Crippen LogP contribution in [0.15, 0.2) is 12.1 Å². The molecule has 0 aromatic heterocycles. The molecule has 0 bridgehead atoms. The van der Waals surface area contributed by atoms with Crippen molar-refractivity contribution in [2.45, 2.75) is 44.1 Å². The molecule has 0 unspecified atom stereocenters. The number of nitrogens with zero attached hydrogens (tertiary/aromatic N) is 1. The Bertz CT molecular complexity index is 657. The molecule has 1 aromatic rings. The maximum atomic E-state index is 14.8. The van der Waals surface area contributed by atoms with Crippen LogP contribution in [0.3, 0.4) is 0 Å². The minimum absolute atomic E-state index is 0.0581. The van der Waals surface area contributed by atoms with Crippen LogP contribution in [-0.2, 0) is 12.4 Å². The average Bonchev–Trinajstić information content (AvgIpc) is 3.09. The van der Waals surface area contributed by atoms with Crippen LogP contribution < -0.4 is 5.32 Å². The van der Waals surface area contributed by atoms with Crippen LogP contribution >= 0.6 is 0 Å². The number of benzene rings is 1. The molecular weight excluding hydrogens is 377 g/mol. The van der Waals surface area contributed by atoms with Crippen molar-refractivity contribution in [2.24, 2.45) is 5.92 Å². The van der Waals surface area contributed by atoms with E-state index in [1.807, 2.05) is 0 Å². The maximum Gasteiger partial charge on any atom is 0.416 e. The van der Waals surface area contributed by atoms with E-state index in [0.29, 0.717) is 39.0 Å². The van der Waals surface area contributed by atoms with Crippen molar-refractivity contribution in [3.8, 4) is 0 Å². The van der Waals surface area contributed by atoms with Crippen molar-refractivity contribution in [3.05, 3.63) is 34.6 Å². The third-order valence-electron chi connectivity index (χ3n) is 5.45. The van der Waals surface area contributed by atoms with Crippen LogP contribution in [0.4, 0.5) is 30.7 Å². The van der Waals surface area contributed by atoms with Gasteiger partial charge in [0.2, 0.25) is 0 Å². The molecule has 2 fully saturated rings. The van der Waals surface area contributed by atoms with E-state index in [9.17, 15) is 30.7 Å². The van der Waals surface area contributed by atoms with Crippen LogP contribution in [0, 0.1) is 11.7 Å². The van der Waals surface area contributed by atoms with Crippen molar-refractivity contribution in [2.75, 3.05) is 26.2 Å². The highest BCUT2D eigenvalue weighted by molar-refractivity contribution is 5.39. The number of hydrogen-bond acceptors (Lipinski definition) is 2. The highest BCUT2D eigenvalue weighted by Crippen LogP contribution is 2.47. The summed E-state index contributed by atoms with van der Waals surface area (Å²) in [5.74, 6) is -1.62. The van der Waals surface area contributed by atoms with Crippen molar-refractivity contribution in [1.82, 2.24) is 10.2 Å². The lowest BCUT2D eigenvalue weighted by molar-refractivity contribution is -0.144. The smallest absolute Gasteiger partial charge is 0.314 e. The van der Waals surface area contributed by atoms with Crippen molar-refractivity contribution < 1.29 is 30.7 Å². The molecule has 152 valence electrons. The lowest BCUT2D eigenvalue weighted by Crippen LogP contribution is -2.47. The SMILES string of the molecule is Fc1cc(C(F)(F)F)cc(C(F)(F)F)c1[C@@H](C1CCCC1)N1CCNCC1. The van der Waals surface area contributed by atoms with Gasteiger partial charge in [0.25, 0.3) is 0 Å². The van der Waals surface area contributed by atoms with Crippen LogP contribution in [0.5, 0.6) is 0 Å². The van der Waals surface area contributed by atoms with Gasteiger partial charge in [-0.25, -0.2) is 4.39 Å². The molecule has 0 amide bonds. The lowest BCUT2D eigenvalue weighted by Gasteiger charge is -2.40. The van der Waals surface area contributed by atoms with Gasteiger partial charge in [-0.2, -0.15) is 26.3 Å². The number of rotatable bonds is 3. The fourth-order valence-electron chi connectivity index (χ4n) is 4.27. The number of piperazine rings is 1. The quantitative estimate of drug-likeness (QED) is 0.721. The molecule has 1 N–H and O–H groups in total. The summed E-state index contributed by atoms with van der Waals surface area (Å²) in [5.41, 5.74) is -3.75. The minimum atomic E-state index is -5.07. The van der Waals surface area contributed by atoms with Crippen LogP contribution in [0.25, 0.3) is 0 Å². The summed E-state index contributed by atoms with van der Waals surface area (Å²) in [6, 6.07) is -0.606. The zero-order chi connectivity index (χ0) is 19.8. The Kier molecular flexibility index (Phi) is 5.72. The van der Waals surface area contributed by atoms with E-state index < -0.39 is 40.9 Å². The van der Waals surface area contributed by atoms with E-state index in [0.717, 1.165) is 12.8 Å². The second-order valence-electron chi connectivity index (χ2n) is 7.19. The Morgan fingerprint density at radius 1 is 0.926 bits per heavy atom. The largest absolute Gasteiger partial charge is 0.416 e. The van der Waals surface area contributed by atoms with Gasteiger partial charge in [0.15, 0.2) is 0 Å². The highest BCUT2D eigenvalue weighted by atomic mass is 19.4. The third kappa shape index (κ3) is 4.39. The molecule has 1 saturated carbocycles. The normalized spacial score (nSPS) is 21.6. The monoisotopic (exact) mass is 398 g/mol. The summed E-state index contributed by atoms with van der Waals surface area (Å²) in [6.07, 6.45) is -7.16. The fraction of sp³-hybridized carbons (Fsp3) is 0.667. The molecule has 3 rings (SSSR count). The predicted octanol–water partition coefficient (Wildman–Crippen LogP) is 5.00. The van der Waals surface area contributed by atoms with E-state index in [1.54, 1.807) is 4.90 Å². The summed E-state index contributed by atoms with van der Waals surface area (Å²) in [4.78, 5) is 1.79. The highest BCUT2D eigenvalue weighted by Gasteiger charge is 2.44. The molecular formula is C18H21F7N2. The van der Waals surface area contributed by atoms with E-state index in [4.69, 9.17) is 0 Å². The Morgan fingerprint density at radius 3 is 2.04 bits per heavy atom. The minimum Gasteiger partial charge on any atom is -0.314 e. The number of hydrogen-bond donors (Lipinski definition) is 1. The molecule has 1 aromatic carbocycles. The molecule has 1 heterocycles. The van der Waals surface area contributed by atoms with Gasteiger partial charge in [0.05, 0.1) is 11.1 Å². The Hall–Kier alpha value is -1.35. The second kappa shape index (κ2) is 7.58. The van der Waals surface area contributed by atoms with Crippen molar-refractivity contribution in [1.29, 1.82) is 0 Å². The van der Waals surface area contributed by atoms with Crippen LogP contribution in [0.2, 0.25) is 0 Å². The van der Waals surface area contributed by atoms with E-state index in [-0.39, 0.29) is 18.1 Å². The summed E-state index contributed by atoms with van der Waals surface area (Å²) in [6.45, 7) is 1.96. The van der Waals surface area contributed by atoms with Gasteiger partial charge in [-0.3, -0.25) is 4.90 Å². The first kappa shape index (κ1) is 20.4. The molecule has 0 radical (unpaired) electrons. The van der Waals surface area contributed by atoms with Gasteiger partial charge in [0, 0.05) is 37.8 Å². The van der Waals surface area contributed by atoms with Gasteiger partial charge in [-0.05, 0) is 30.9 Å². The lowest BCUT2D eigenvalue weighted by atomic mass is 9.85. The molecule has 27 heavy (non-hydrogen) atoms. The maximum absolute atomic E-state index is 14.8. The predicted molar refractivity (Wildman–Crippen MR) is 85.5 cm³/mol. The molecule has 1 atom stereocenters. The standard InChI is InChI=1S/C18H21F7N2/c19-14-10-12(17(20,21)22)9-13(18(23,24)25)15(14)16(11-3-1-2-4-11)27-7-5-26-6-8-27/h9-11,16,26H,1-8H2/t16-/m1/s1. The molecule has 2 nitrogen and oxygen atoms in total. The van der Waals surface area contributed by atoms with Gasteiger partial charge in [0.1, 0.15) is 5.82 Å². The average molecular weight is 398 g/mol. The Labute approximate surface area is 152 Å². The topological polar surface area (TPSA) is 15.3 Å². The summed E-state index contributed by atoms with van der Waals surface area (Å²) in [5, 5.41) is 3.09. The molecule has 1 saturated heterocycles. The number of halogens is 7. The molecule has 1 aliphatic heterocycles. The zero-order valence-corrected chi connectivity index (χ0v) is 14.6. The summed E-state index contributed by atoms with van der Waals surface area (Å²) >= 11 is 0. The Balaban J connectivity index is 2.15. The van der Waals surface area contributed by atoms with Crippen LogP contribution in [0.1, 0.15) is 48.4 Å². The van der Waals surface area contributed by atoms with E-state index in [1.165, 1.54) is 0 Å². The first-order chi connectivity index (χ1) is 12.6. The van der Waals surface area contributed by atoms with E-state index in [2.05, 4.69) is 5.32 Å². The van der Waals surface area contributed by atoms with E-state index >= 15 is 0 Å². The van der Waals surface area contributed by atoms with Gasteiger partial charge in [-0.15, -0.1) is 0 Å². The first-order valence-corrected chi connectivity index (χ1v) is 9.01. The first-order valence-electron chi connectivity index (χ1n) is 9.01. The molecule has 1 aliphatic carbocycles. The van der Waals surface area contributed by atoms with Crippen LogP contribution in [-0.4, -0.2) is 31.1 Å². The second-order valence-corrected chi connectivity index (χ2v) is 7.19. The summed E-state index contributed by atoms with van der Waals surface area (Å²) < 4.78 is 94.6. The zero-order valence-electron chi connectivity index (χ0n) is 14.6. The Morgan fingerprint density at radius 2 is 1.52 bits per heavy atom. The number of nitrogens with one attached hydrogen (secondary N) is 1. The molecule has 2 aliphatic rings. The number of alkyl halides is 6. The van der Waals surface area contributed by atoms with Gasteiger partial charge in [-0.1, -0.05) is 12.8 Å². The summed E-state index contributed by atoms with van der Waals surface area (Å²) in [7, 11) is 0. The fourth-order valence-corrected chi connectivity index (χ4v) is 4.27. The van der Waals surface area contributed by atoms with Gasteiger partial charge >= 0.3 is 12.4 Å². The third-order valence-corrected chi connectivity index (χ3v) is 5.45. The molecule has 9 heteroatoms. The van der Waals surface area contributed by atoms with Crippen molar-refractivity contribution in [3.63, 3.8) is 0 Å². The van der Waals surface area contributed by atoms with Crippen molar-refractivity contribution >= 4 is 0 Å². The molecule has 0 spiro atoms.